The van der Waals surface area contributed by atoms with Gasteiger partial charge >= 0.3 is 0 Å². The molecule has 1 aliphatic heterocycles. The van der Waals surface area contributed by atoms with Crippen LogP contribution in [0, 0.1) is 15.5 Å². The van der Waals surface area contributed by atoms with E-state index >= 15 is 0 Å². The number of nitro groups is 1. The van der Waals surface area contributed by atoms with Crippen molar-refractivity contribution in [3.63, 3.8) is 0 Å². The molecule has 6 nitrogen and oxygen atoms in total. The lowest BCUT2D eigenvalue weighted by molar-refractivity contribution is -0.484. The van der Waals surface area contributed by atoms with Crippen LogP contribution in [0.25, 0.3) is 0 Å². The number of rotatable bonds is 4. The highest BCUT2D eigenvalue weighted by molar-refractivity contribution is 5.85. The molecule has 16 heavy (non-hydrogen) atoms. The lowest BCUT2D eigenvalue weighted by Crippen LogP contribution is -2.46. The van der Waals surface area contributed by atoms with Crippen LogP contribution in [0.2, 0.25) is 0 Å². The summed E-state index contributed by atoms with van der Waals surface area (Å²) in [4.78, 5) is 23.9. The SMILES string of the molecule is CN1CCC(=O)C(C)(CC/C=N/[N+](=O)[O-])C1. The summed E-state index contributed by atoms with van der Waals surface area (Å²) >= 11 is 0. The van der Waals surface area contributed by atoms with E-state index in [1.807, 2.05) is 14.0 Å². The highest BCUT2D eigenvalue weighted by Gasteiger charge is 2.36. The van der Waals surface area contributed by atoms with Gasteiger partial charge in [-0.05, 0) is 19.9 Å². The summed E-state index contributed by atoms with van der Waals surface area (Å²) in [7, 11) is 1.98. The fourth-order valence-corrected chi connectivity index (χ4v) is 2.08. The molecule has 0 aromatic carbocycles. The van der Waals surface area contributed by atoms with E-state index in [-0.39, 0.29) is 11.2 Å². The number of carbonyl (C=O) groups excluding carboxylic acids is 1. The third-order valence-electron chi connectivity index (χ3n) is 3.01. The Morgan fingerprint density at radius 3 is 3.00 bits per heavy atom. The van der Waals surface area contributed by atoms with Crippen LogP contribution in [0.1, 0.15) is 26.2 Å². The van der Waals surface area contributed by atoms with Gasteiger partial charge in [0.1, 0.15) is 5.78 Å². The van der Waals surface area contributed by atoms with E-state index < -0.39 is 5.03 Å². The molecule has 6 heteroatoms. The average Bonchev–Trinajstić information content (AvgIpc) is 2.19. The molecule has 0 amide bonds. The van der Waals surface area contributed by atoms with Crippen molar-refractivity contribution in [2.24, 2.45) is 10.5 Å². The fraction of sp³-hybridized carbons (Fsp3) is 0.800. The second-order valence-corrected chi connectivity index (χ2v) is 4.55. The Labute approximate surface area is 94.5 Å². The summed E-state index contributed by atoms with van der Waals surface area (Å²) in [6.45, 7) is 3.44. The second kappa shape index (κ2) is 5.16. The Morgan fingerprint density at radius 2 is 2.38 bits per heavy atom. The number of piperidine rings is 1. The maximum absolute atomic E-state index is 11.8. The lowest BCUT2D eigenvalue weighted by atomic mass is 9.77. The Hall–Kier alpha value is -1.30. The van der Waals surface area contributed by atoms with Gasteiger partial charge in [0.05, 0.1) is 11.3 Å². The van der Waals surface area contributed by atoms with Crippen molar-refractivity contribution in [2.75, 3.05) is 20.1 Å². The molecule has 1 fully saturated rings. The van der Waals surface area contributed by atoms with E-state index in [1.165, 1.54) is 6.21 Å². The molecule has 1 aliphatic rings. The van der Waals surface area contributed by atoms with Crippen LogP contribution in [0.4, 0.5) is 0 Å². The van der Waals surface area contributed by atoms with Crippen LogP contribution in [0.5, 0.6) is 0 Å². The fourth-order valence-electron chi connectivity index (χ4n) is 2.08. The van der Waals surface area contributed by atoms with Gasteiger partial charge in [0.15, 0.2) is 5.03 Å². The van der Waals surface area contributed by atoms with Gasteiger partial charge in [-0.1, -0.05) is 6.92 Å². The molecule has 1 atom stereocenters. The minimum absolute atomic E-state index is 0.250. The van der Waals surface area contributed by atoms with Gasteiger partial charge < -0.3 is 4.90 Å². The van der Waals surface area contributed by atoms with Gasteiger partial charge in [-0.2, -0.15) is 0 Å². The minimum Gasteiger partial charge on any atom is -0.305 e. The minimum atomic E-state index is -0.725. The molecule has 1 saturated heterocycles. The summed E-state index contributed by atoms with van der Waals surface area (Å²) in [5.74, 6) is 0.250. The molecule has 90 valence electrons. The number of carbonyl (C=O) groups is 1. The van der Waals surface area contributed by atoms with E-state index in [1.54, 1.807) is 0 Å². The van der Waals surface area contributed by atoms with Crippen LogP contribution in [-0.2, 0) is 4.79 Å². The smallest absolute Gasteiger partial charge is 0.190 e. The van der Waals surface area contributed by atoms with E-state index in [0.717, 1.165) is 13.1 Å². The van der Waals surface area contributed by atoms with E-state index in [9.17, 15) is 14.9 Å². The number of Topliss-reactive ketones (excluding diaryl/α,β-unsaturated/α-hetero) is 1. The van der Waals surface area contributed by atoms with Crippen LogP contribution in [-0.4, -0.2) is 42.1 Å². The molecule has 1 heterocycles. The van der Waals surface area contributed by atoms with Crippen LogP contribution < -0.4 is 0 Å². The Morgan fingerprint density at radius 1 is 1.69 bits per heavy atom. The van der Waals surface area contributed by atoms with Crippen LogP contribution >= 0.6 is 0 Å². The molecular formula is C10H17N3O3. The lowest BCUT2D eigenvalue weighted by Gasteiger charge is -2.37. The number of hydrogen-bond donors (Lipinski definition) is 0. The number of ketones is 1. The van der Waals surface area contributed by atoms with Crippen molar-refractivity contribution >= 4 is 12.0 Å². The zero-order valence-electron chi connectivity index (χ0n) is 9.68. The van der Waals surface area contributed by atoms with Crippen LogP contribution in [0.15, 0.2) is 5.10 Å². The predicted molar refractivity (Wildman–Crippen MR) is 59.9 cm³/mol. The van der Waals surface area contributed by atoms with Crippen molar-refractivity contribution < 1.29 is 9.83 Å². The van der Waals surface area contributed by atoms with E-state index in [4.69, 9.17) is 0 Å². The molecule has 0 saturated carbocycles. The number of hydrogen-bond acceptors (Lipinski definition) is 4. The molecule has 1 unspecified atom stereocenters. The van der Waals surface area contributed by atoms with Crippen molar-refractivity contribution in [3.8, 4) is 0 Å². The first-order valence-electron chi connectivity index (χ1n) is 5.33. The normalized spacial score (nSPS) is 27.5. The predicted octanol–water partition coefficient (Wildman–Crippen LogP) is 0.940. The Balaban J connectivity index is 2.49. The first-order valence-corrected chi connectivity index (χ1v) is 5.33. The van der Waals surface area contributed by atoms with Gasteiger partial charge in [-0.15, -0.1) is 0 Å². The van der Waals surface area contributed by atoms with Gasteiger partial charge in [-0.25, -0.2) is 10.1 Å². The number of likely N-dealkylation sites (tertiary alicyclic amines) is 1. The zero-order chi connectivity index (χ0) is 12.2. The summed E-state index contributed by atoms with van der Waals surface area (Å²) in [6, 6.07) is 0. The van der Waals surface area contributed by atoms with Gasteiger partial charge in [0.25, 0.3) is 0 Å². The molecule has 0 N–H and O–H groups in total. The van der Waals surface area contributed by atoms with Crippen molar-refractivity contribution in [2.45, 2.75) is 26.2 Å². The quantitative estimate of drug-likeness (QED) is 0.407. The topological polar surface area (TPSA) is 75.8 Å². The van der Waals surface area contributed by atoms with Crippen molar-refractivity contribution in [1.29, 1.82) is 0 Å². The number of nitrogens with zero attached hydrogens (tertiary/aromatic N) is 3. The summed E-state index contributed by atoms with van der Waals surface area (Å²) < 4.78 is 0. The average molecular weight is 227 g/mol. The van der Waals surface area contributed by atoms with Crippen molar-refractivity contribution in [1.82, 2.24) is 4.90 Å². The molecule has 0 aromatic rings. The zero-order valence-corrected chi connectivity index (χ0v) is 9.68. The Kier molecular flexibility index (Phi) is 4.12. The van der Waals surface area contributed by atoms with Gasteiger partial charge in [0, 0.05) is 24.9 Å². The standard InChI is InChI=1S/C10H17N3O3/c1-10(5-3-6-11-13(15)16)8-12(2)7-4-9(10)14/h6H,3-5,7-8H2,1-2H3/b11-6+. The van der Waals surface area contributed by atoms with Gasteiger partial charge in [-0.3, -0.25) is 4.79 Å². The first-order chi connectivity index (χ1) is 7.44. The summed E-state index contributed by atoms with van der Waals surface area (Å²) in [5.41, 5.74) is -0.379. The monoisotopic (exact) mass is 227 g/mol. The maximum atomic E-state index is 11.8. The van der Waals surface area contributed by atoms with E-state index in [2.05, 4.69) is 10.0 Å². The molecule has 0 aliphatic carbocycles. The van der Waals surface area contributed by atoms with Crippen LogP contribution in [0.3, 0.4) is 0 Å². The second-order valence-electron chi connectivity index (χ2n) is 4.55. The molecular weight excluding hydrogens is 210 g/mol. The third kappa shape index (κ3) is 3.37. The molecule has 0 spiro atoms. The summed E-state index contributed by atoms with van der Waals surface area (Å²) in [5, 5.41) is 12.3. The molecule has 1 rings (SSSR count). The maximum Gasteiger partial charge on any atom is 0.190 e. The van der Waals surface area contributed by atoms with E-state index in [0.29, 0.717) is 19.3 Å². The highest BCUT2D eigenvalue weighted by atomic mass is 16.7. The molecule has 0 bridgehead atoms. The Bertz CT molecular complexity index is 316. The largest absolute Gasteiger partial charge is 0.305 e. The molecule has 0 aromatic heterocycles. The highest BCUT2D eigenvalue weighted by Crippen LogP contribution is 2.30. The first kappa shape index (κ1) is 12.8. The molecule has 0 radical (unpaired) electrons. The van der Waals surface area contributed by atoms with Gasteiger partial charge in [0.2, 0.25) is 0 Å². The summed E-state index contributed by atoms with van der Waals surface area (Å²) in [6.07, 6.45) is 2.93. The number of hydrazone groups is 1. The third-order valence-corrected chi connectivity index (χ3v) is 3.01. The van der Waals surface area contributed by atoms with Crippen molar-refractivity contribution in [3.05, 3.63) is 10.1 Å².